The first kappa shape index (κ1) is 10.1. The highest BCUT2D eigenvalue weighted by Gasteiger charge is 2.08. The van der Waals surface area contributed by atoms with Gasteiger partial charge in [-0.05, 0) is 12.1 Å². The van der Waals surface area contributed by atoms with Crippen LogP contribution in [0.25, 0.3) is 0 Å². The Morgan fingerprint density at radius 2 is 2.00 bits per heavy atom. The van der Waals surface area contributed by atoms with Crippen LogP contribution >= 0.6 is 11.6 Å². The van der Waals surface area contributed by atoms with Crippen LogP contribution in [0.2, 0.25) is 5.02 Å². The van der Waals surface area contributed by atoms with Crippen LogP contribution in [0.15, 0.2) is 18.2 Å². The van der Waals surface area contributed by atoms with Gasteiger partial charge in [-0.15, -0.1) is 0 Å². The quantitative estimate of drug-likeness (QED) is 0.713. The lowest BCUT2D eigenvalue weighted by Gasteiger charge is -2.04. The first-order chi connectivity index (χ1) is 5.88. The Balaban J connectivity index is 3.08. The van der Waals surface area contributed by atoms with Crippen molar-refractivity contribution in [3.63, 3.8) is 0 Å². The van der Waals surface area contributed by atoms with E-state index in [0.29, 0.717) is 5.69 Å². The van der Waals surface area contributed by atoms with Crippen LogP contribution in [0.1, 0.15) is 0 Å². The average molecular weight is 223 g/mol. The van der Waals surface area contributed by atoms with Gasteiger partial charge >= 0.3 is 10.3 Å². The van der Waals surface area contributed by atoms with Gasteiger partial charge in [-0.1, -0.05) is 11.6 Å². The molecule has 0 spiro atoms. The van der Waals surface area contributed by atoms with E-state index in [-0.39, 0.29) is 10.8 Å². The highest BCUT2D eigenvalue weighted by atomic mass is 35.5. The van der Waals surface area contributed by atoms with Crippen molar-refractivity contribution < 1.29 is 12.6 Å². The molecule has 0 aliphatic carbocycles. The first-order valence-corrected chi connectivity index (χ1v) is 5.00. The molecule has 1 rings (SSSR count). The summed E-state index contributed by atoms with van der Waals surface area (Å²) in [5.41, 5.74) is 5.71. The fraction of sp³-hybridized carbons (Fsp3) is 0. The molecule has 5 nitrogen and oxygen atoms in total. The summed E-state index contributed by atoms with van der Waals surface area (Å²) in [6.07, 6.45) is 0. The largest absolute Gasteiger partial charge is 0.399 e. The van der Waals surface area contributed by atoms with Gasteiger partial charge in [0.1, 0.15) is 0 Å². The van der Waals surface area contributed by atoms with Crippen molar-refractivity contribution in [2.75, 3.05) is 5.73 Å². The maximum Gasteiger partial charge on any atom is 0.380 e. The summed E-state index contributed by atoms with van der Waals surface area (Å²) in [6, 6.07) is 4.20. The molecule has 0 saturated carbocycles. The van der Waals surface area contributed by atoms with Gasteiger partial charge in [-0.3, -0.25) is 0 Å². The number of hydrogen-bond acceptors (Lipinski definition) is 4. The van der Waals surface area contributed by atoms with Crippen LogP contribution in [0.4, 0.5) is 5.69 Å². The van der Waals surface area contributed by atoms with Crippen molar-refractivity contribution in [1.82, 2.24) is 0 Å². The molecule has 4 N–H and O–H groups in total. The van der Waals surface area contributed by atoms with Crippen LogP contribution < -0.4 is 15.1 Å². The van der Waals surface area contributed by atoms with Gasteiger partial charge in [0.05, 0.1) is 5.02 Å². The molecule has 7 heteroatoms. The van der Waals surface area contributed by atoms with Crippen molar-refractivity contribution in [2.24, 2.45) is 5.14 Å². The third-order valence-electron chi connectivity index (χ3n) is 1.16. The smallest absolute Gasteiger partial charge is 0.380 e. The molecule has 0 unspecified atom stereocenters. The number of benzene rings is 1. The summed E-state index contributed by atoms with van der Waals surface area (Å²) in [5, 5.41) is 4.76. The van der Waals surface area contributed by atoms with E-state index in [0.717, 1.165) is 0 Å². The predicted molar refractivity (Wildman–Crippen MR) is 49.6 cm³/mol. The van der Waals surface area contributed by atoms with Crippen molar-refractivity contribution in [2.45, 2.75) is 0 Å². The van der Waals surface area contributed by atoms with Gasteiger partial charge in [-0.25, -0.2) is 0 Å². The summed E-state index contributed by atoms with van der Waals surface area (Å²) in [5.74, 6) is -0.0795. The summed E-state index contributed by atoms with van der Waals surface area (Å²) in [4.78, 5) is 0. The van der Waals surface area contributed by atoms with Crippen LogP contribution in [-0.2, 0) is 10.3 Å². The monoisotopic (exact) mass is 222 g/mol. The molecule has 0 bridgehead atoms. The van der Waals surface area contributed by atoms with Crippen LogP contribution in [0.5, 0.6) is 5.75 Å². The SMILES string of the molecule is Nc1ccc(Cl)c(OS(N)(=O)=O)c1. The van der Waals surface area contributed by atoms with E-state index < -0.39 is 10.3 Å². The molecule has 0 amide bonds. The number of nitrogens with two attached hydrogens (primary N) is 2. The van der Waals surface area contributed by atoms with Gasteiger partial charge in [0.15, 0.2) is 5.75 Å². The van der Waals surface area contributed by atoms with Gasteiger partial charge < -0.3 is 9.92 Å². The molecule has 0 radical (unpaired) electrons. The highest BCUT2D eigenvalue weighted by Crippen LogP contribution is 2.26. The number of anilines is 1. The zero-order valence-corrected chi connectivity index (χ0v) is 7.97. The molecule has 0 atom stereocenters. The Hall–Kier alpha value is -0.980. The molecule has 0 aliphatic heterocycles. The minimum atomic E-state index is -4.06. The van der Waals surface area contributed by atoms with E-state index in [4.69, 9.17) is 17.3 Å². The zero-order chi connectivity index (χ0) is 10.1. The fourth-order valence-electron chi connectivity index (χ4n) is 0.709. The van der Waals surface area contributed by atoms with E-state index in [1.807, 2.05) is 0 Å². The van der Waals surface area contributed by atoms with E-state index in [1.165, 1.54) is 18.2 Å². The molecule has 1 aromatic carbocycles. The Morgan fingerprint density at radius 1 is 1.38 bits per heavy atom. The summed E-state index contributed by atoms with van der Waals surface area (Å²) in [7, 11) is -4.06. The number of rotatable bonds is 2. The van der Waals surface area contributed by atoms with Crippen molar-refractivity contribution in [3.8, 4) is 5.75 Å². The molecule has 0 aromatic heterocycles. The van der Waals surface area contributed by atoms with E-state index in [9.17, 15) is 8.42 Å². The van der Waals surface area contributed by atoms with Crippen LogP contribution in [0, 0.1) is 0 Å². The van der Waals surface area contributed by atoms with Gasteiger partial charge in [0.2, 0.25) is 0 Å². The normalized spacial score (nSPS) is 11.2. The molecule has 0 fully saturated rings. The second kappa shape index (κ2) is 3.41. The van der Waals surface area contributed by atoms with Crippen LogP contribution in [0.3, 0.4) is 0 Å². The van der Waals surface area contributed by atoms with E-state index >= 15 is 0 Å². The summed E-state index contributed by atoms with van der Waals surface area (Å²) < 4.78 is 25.4. The molecule has 1 aromatic rings. The van der Waals surface area contributed by atoms with Gasteiger partial charge in [0.25, 0.3) is 0 Å². The highest BCUT2D eigenvalue weighted by molar-refractivity contribution is 7.84. The zero-order valence-electron chi connectivity index (χ0n) is 6.40. The molecule has 13 heavy (non-hydrogen) atoms. The lowest BCUT2D eigenvalue weighted by molar-refractivity contribution is 0.488. The Bertz CT molecular complexity index is 418. The fourth-order valence-corrected chi connectivity index (χ4v) is 1.30. The summed E-state index contributed by atoms with van der Waals surface area (Å²) in [6.45, 7) is 0. The lowest BCUT2D eigenvalue weighted by Crippen LogP contribution is -2.19. The van der Waals surface area contributed by atoms with E-state index in [1.54, 1.807) is 0 Å². The molecule has 0 aliphatic rings. The molecule has 0 heterocycles. The van der Waals surface area contributed by atoms with Gasteiger partial charge in [0, 0.05) is 11.8 Å². The minimum absolute atomic E-state index is 0.0795. The summed E-state index contributed by atoms with van der Waals surface area (Å²) >= 11 is 5.60. The van der Waals surface area contributed by atoms with E-state index in [2.05, 4.69) is 9.32 Å². The Morgan fingerprint density at radius 3 is 2.54 bits per heavy atom. The predicted octanol–water partition coefficient (Wildman–Crippen LogP) is 0.505. The Kier molecular flexibility index (Phi) is 2.65. The third-order valence-corrected chi connectivity index (χ3v) is 1.89. The number of nitrogen functional groups attached to an aromatic ring is 1. The second-order valence-electron chi connectivity index (χ2n) is 2.27. The topological polar surface area (TPSA) is 95.4 Å². The molecule has 72 valence electrons. The lowest BCUT2D eigenvalue weighted by atomic mass is 10.3. The van der Waals surface area contributed by atoms with Gasteiger partial charge in [-0.2, -0.15) is 13.6 Å². The molecule has 0 saturated heterocycles. The average Bonchev–Trinajstić information content (AvgIpc) is 1.94. The standard InChI is InChI=1S/C6H7ClN2O3S/c7-5-2-1-4(8)3-6(5)12-13(9,10)11/h1-3H,8H2,(H2,9,10,11). The van der Waals surface area contributed by atoms with Crippen molar-refractivity contribution >= 4 is 27.6 Å². The molecular formula is C6H7ClN2O3S. The van der Waals surface area contributed by atoms with Crippen molar-refractivity contribution in [3.05, 3.63) is 23.2 Å². The number of halogens is 1. The first-order valence-electron chi connectivity index (χ1n) is 3.16. The maximum absolute atomic E-state index is 10.5. The Labute approximate surface area is 80.5 Å². The minimum Gasteiger partial charge on any atom is -0.399 e. The van der Waals surface area contributed by atoms with Crippen LogP contribution in [-0.4, -0.2) is 8.42 Å². The van der Waals surface area contributed by atoms with Crippen molar-refractivity contribution in [1.29, 1.82) is 0 Å². The maximum atomic E-state index is 10.5. The molecular weight excluding hydrogens is 216 g/mol. The third kappa shape index (κ3) is 3.10. The number of hydrogen-bond donors (Lipinski definition) is 2. The second-order valence-corrected chi connectivity index (χ2v) is 3.83.